The van der Waals surface area contributed by atoms with E-state index in [-0.39, 0.29) is 24.3 Å². The maximum absolute atomic E-state index is 13.5. The molecule has 0 bridgehead atoms. The molecular weight excluding hydrogens is 275 g/mol. The van der Waals surface area contributed by atoms with Gasteiger partial charge in [-0.25, -0.2) is 4.39 Å². The lowest BCUT2D eigenvalue weighted by Gasteiger charge is -2.18. The lowest BCUT2D eigenvalue weighted by atomic mass is 10.2. The summed E-state index contributed by atoms with van der Waals surface area (Å²) in [6, 6.07) is 6.24. The summed E-state index contributed by atoms with van der Waals surface area (Å²) in [6.07, 6.45) is 0.413. The van der Waals surface area contributed by atoms with Crippen LogP contribution >= 0.6 is 0 Å². The molecule has 0 saturated carbocycles. The molecule has 118 valence electrons. The van der Waals surface area contributed by atoms with Crippen LogP contribution in [0, 0.1) is 5.82 Å². The van der Waals surface area contributed by atoms with Crippen molar-refractivity contribution in [3.8, 4) is 5.75 Å². The average molecular weight is 298 g/mol. The van der Waals surface area contributed by atoms with Crippen LogP contribution in [0.3, 0.4) is 0 Å². The number of carbonyl (C=O) groups excluding carboxylic acids is 1. The quantitative estimate of drug-likeness (QED) is 0.640. The minimum atomic E-state index is -0.400. The number of rotatable bonds is 10. The smallest absolute Gasteiger partial charge is 0.234 e. The summed E-state index contributed by atoms with van der Waals surface area (Å²) in [4.78, 5) is 11.6. The monoisotopic (exact) mass is 298 g/mol. The van der Waals surface area contributed by atoms with E-state index in [0.717, 1.165) is 0 Å². The molecule has 1 unspecified atom stereocenters. The highest BCUT2D eigenvalue weighted by Crippen LogP contribution is 2.17. The topological polar surface area (TPSA) is 59.6 Å². The minimum Gasteiger partial charge on any atom is -0.486 e. The van der Waals surface area contributed by atoms with Crippen LogP contribution in [0.1, 0.15) is 13.3 Å². The third-order valence-corrected chi connectivity index (χ3v) is 2.88. The van der Waals surface area contributed by atoms with Crippen LogP contribution < -0.4 is 15.4 Å². The number of halogens is 1. The first kappa shape index (κ1) is 17.4. The summed E-state index contributed by atoms with van der Waals surface area (Å²) in [5.41, 5.74) is 0. The molecule has 21 heavy (non-hydrogen) atoms. The number of methoxy groups -OCH3 is 1. The van der Waals surface area contributed by atoms with Gasteiger partial charge in [-0.2, -0.15) is 0 Å². The zero-order chi connectivity index (χ0) is 15.5. The molecule has 1 amide bonds. The number of carbonyl (C=O) groups is 1. The zero-order valence-electron chi connectivity index (χ0n) is 12.5. The maximum atomic E-state index is 13.5. The van der Waals surface area contributed by atoms with Crippen molar-refractivity contribution in [3.63, 3.8) is 0 Å². The van der Waals surface area contributed by atoms with Crippen molar-refractivity contribution in [2.24, 2.45) is 0 Å². The Bertz CT molecular complexity index is 429. The SMILES string of the molecule is CCC(CNC(=O)CNCCOC)Oc1ccccc1F. The second-order valence-corrected chi connectivity index (χ2v) is 4.55. The summed E-state index contributed by atoms with van der Waals surface area (Å²) in [7, 11) is 1.60. The van der Waals surface area contributed by atoms with Crippen LogP contribution in [-0.4, -0.2) is 45.4 Å². The van der Waals surface area contributed by atoms with Crippen molar-refractivity contribution >= 4 is 5.91 Å². The molecule has 0 fully saturated rings. The number of para-hydroxylation sites is 1. The van der Waals surface area contributed by atoms with E-state index in [0.29, 0.717) is 26.1 Å². The normalized spacial score (nSPS) is 12.0. The second-order valence-electron chi connectivity index (χ2n) is 4.55. The number of amides is 1. The van der Waals surface area contributed by atoms with E-state index in [1.807, 2.05) is 6.92 Å². The Morgan fingerprint density at radius 2 is 2.14 bits per heavy atom. The van der Waals surface area contributed by atoms with Gasteiger partial charge in [0.05, 0.1) is 19.7 Å². The molecule has 1 atom stereocenters. The summed E-state index contributed by atoms with van der Waals surface area (Å²) < 4.78 is 23.9. The average Bonchev–Trinajstić information content (AvgIpc) is 2.49. The Hall–Kier alpha value is -1.66. The van der Waals surface area contributed by atoms with Crippen LogP contribution in [-0.2, 0) is 9.53 Å². The van der Waals surface area contributed by atoms with Gasteiger partial charge in [-0.15, -0.1) is 0 Å². The third kappa shape index (κ3) is 7.06. The van der Waals surface area contributed by atoms with Crippen LogP contribution in [0.25, 0.3) is 0 Å². The third-order valence-electron chi connectivity index (χ3n) is 2.88. The number of ether oxygens (including phenoxy) is 2. The Kier molecular flexibility index (Phi) is 8.38. The summed E-state index contributed by atoms with van der Waals surface area (Å²) in [5.74, 6) is -0.318. The van der Waals surface area contributed by atoms with Gasteiger partial charge in [-0.1, -0.05) is 19.1 Å². The molecule has 5 nitrogen and oxygen atoms in total. The van der Waals surface area contributed by atoms with E-state index < -0.39 is 5.82 Å². The molecule has 0 aliphatic rings. The Morgan fingerprint density at radius 3 is 2.81 bits per heavy atom. The highest BCUT2D eigenvalue weighted by atomic mass is 19.1. The van der Waals surface area contributed by atoms with Gasteiger partial charge in [0, 0.05) is 13.7 Å². The zero-order valence-corrected chi connectivity index (χ0v) is 12.5. The molecule has 0 aliphatic carbocycles. The first-order valence-corrected chi connectivity index (χ1v) is 7.05. The number of benzene rings is 1. The molecule has 0 heterocycles. The van der Waals surface area contributed by atoms with Gasteiger partial charge < -0.3 is 20.1 Å². The Morgan fingerprint density at radius 1 is 1.38 bits per heavy atom. The summed E-state index contributed by atoms with van der Waals surface area (Å²) >= 11 is 0. The molecule has 0 radical (unpaired) electrons. The largest absolute Gasteiger partial charge is 0.486 e. The van der Waals surface area contributed by atoms with Crippen LogP contribution in [0.15, 0.2) is 24.3 Å². The molecule has 2 N–H and O–H groups in total. The van der Waals surface area contributed by atoms with Crippen molar-refractivity contribution in [2.75, 3.05) is 33.4 Å². The fourth-order valence-corrected chi connectivity index (χ4v) is 1.66. The lowest BCUT2D eigenvalue weighted by Crippen LogP contribution is -2.40. The number of nitrogens with one attached hydrogen (secondary N) is 2. The standard InChI is InChI=1S/C15H23FN2O3/c1-3-12(21-14-7-5-4-6-13(14)16)10-18-15(19)11-17-8-9-20-2/h4-7,12,17H,3,8-11H2,1-2H3,(H,18,19). The van der Waals surface area contributed by atoms with Gasteiger partial charge >= 0.3 is 0 Å². The molecule has 0 aliphatic heterocycles. The van der Waals surface area contributed by atoms with Gasteiger partial charge in [-0.3, -0.25) is 4.79 Å². The number of hydrogen-bond donors (Lipinski definition) is 2. The predicted molar refractivity (Wildman–Crippen MR) is 78.9 cm³/mol. The van der Waals surface area contributed by atoms with Crippen LogP contribution in [0.2, 0.25) is 0 Å². The maximum Gasteiger partial charge on any atom is 0.234 e. The van der Waals surface area contributed by atoms with Crippen molar-refractivity contribution in [2.45, 2.75) is 19.4 Å². The van der Waals surface area contributed by atoms with Gasteiger partial charge in [0.2, 0.25) is 5.91 Å². The second kappa shape index (κ2) is 10.1. The molecule has 1 aromatic rings. The fourth-order valence-electron chi connectivity index (χ4n) is 1.66. The van der Waals surface area contributed by atoms with E-state index in [2.05, 4.69) is 10.6 Å². The van der Waals surface area contributed by atoms with Gasteiger partial charge in [-0.05, 0) is 18.6 Å². The highest BCUT2D eigenvalue weighted by Gasteiger charge is 2.12. The van der Waals surface area contributed by atoms with E-state index in [1.165, 1.54) is 6.07 Å². The number of hydrogen-bond acceptors (Lipinski definition) is 4. The van der Waals surface area contributed by atoms with E-state index in [9.17, 15) is 9.18 Å². The Balaban J connectivity index is 2.31. The van der Waals surface area contributed by atoms with Crippen LogP contribution in [0.5, 0.6) is 5.75 Å². The van der Waals surface area contributed by atoms with E-state index in [1.54, 1.807) is 25.3 Å². The molecule has 0 saturated heterocycles. The van der Waals surface area contributed by atoms with Crippen molar-refractivity contribution < 1.29 is 18.7 Å². The highest BCUT2D eigenvalue weighted by molar-refractivity contribution is 5.77. The molecule has 1 rings (SSSR count). The minimum absolute atomic E-state index is 0.123. The summed E-state index contributed by atoms with van der Waals surface area (Å²) in [5, 5.41) is 5.71. The van der Waals surface area contributed by atoms with Gasteiger partial charge in [0.1, 0.15) is 6.10 Å². The van der Waals surface area contributed by atoms with Crippen molar-refractivity contribution in [1.29, 1.82) is 0 Å². The fraction of sp³-hybridized carbons (Fsp3) is 0.533. The molecule has 0 aromatic heterocycles. The van der Waals surface area contributed by atoms with Crippen molar-refractivity contribution in [3.05, 3.63) is 30.1 Å². The summed E-state index contributed by atoms with van der Waals surface area (Å²) in [6.45, 7) is 3.66. The van der Waals surface area contributed by atoms with Crippen molar-refractivity contribution in [1.82, 2.24) is 10.6 Å². The molecular formula is C15H23FN2O3. The van der Waals surface area contributed by atoms with Gasteiger partial charge in [0.15, 0.2) is 11.6 Å². The molecule has 6 heteroatoms. The first-order valence-electron chi connectivity index (χ1n) is 7.05. The van der Waals surface area contributed by atoms with E-state index >= 15 is 0 Å². The molecule has 0 spiro atoms. The lowest BCUT2D eigenvalue weighted by molar-refractivity contribution is -0.120. The van der Waals surface area contributed by atoms with E-state index in [4.69, 9.17) is 9.47 Å². The molecule has 1 aromatic carbocycles. The Labute approximate surface area is 124 Å². The predicted octanol–water partition coefficient (Wildman–Crippen LogP) is 1.34. The first-order chi connectivity index (χ1) is 10.2. The van der Waals surface area contributed by atoms with Crippen LogP contribution in [0.4, 0.5) is 4.39 Å². The van der Waals surface area contributed by atoms with Gasteiger partial charge in [0.25, 0.3) is 0 Å².